The molecule has 3 aromatic rings. The number of aromatic nitrogens is 3. The van der Waals surface area contributed by atoms with Crippen molar-refractivity contribution in [3.63, 3.8) is 0 Å². The molecule has 0 fully saturated rings. The highest BCUT2D eigenvalue weighted by Gasteiger charge is 2.09. The van der Waals surface area contributed by atoms with Crippen LogP contribution in [0, 0.1) is 0 Å². The number of anilines is 1. The van der Waals surface area contributed by atoms with Crippen molar-refractivity contribution in [3.8, 4) is 0 Å². The Morgan fingerprint density at radius 2 is 2.17 bits per heavy atom. The van der Waals surface area contributed by atoms with Crippen LogP contribution in [0.3, 0.4) is 0 Å². The number of rotatable bonds is 2. The first-order valence-corrected chi connectivity index (χ1v) is 5.48. The summed E-state index contributed by atoms with van der Waals surface area (Å²) in [4.78, 5) is 22.8. The average molecular weight is 238 g/mol. The zero-order valence-corrected chi connectivity index (χ0v) is 9.42. The number of hydrogen-bond acceptors (Lipinski definition) is 3. The molecule has 5 heteroatoms. The number of carbonyl (C=O) groups excluding carboxylic acids is 1. The molecule has 2 N–H and O–H groups in total. The first kappa shape index (κ1) is 10.5. The van der Waals surface area contributed by atoms with Crippen LogP contribution in [0.5, 0.6) is 0 Å². The van der Waals surface area contributed by atoms with Gasteiger partial charge in [-0.2, -0.15) is 0 Å². The van der Waals surface area contributed by atoms with Gasteiger partial charge in [0.2, 0.25) is 0 Å². The fourth-order valence-electron chi connectivity index (χ4n) is 1.81. The van der Waals surface area contributed by atoms with Gasteiger partial charge in [-0.25, -0.2) is 9.97 Å². The molecule has 0 aliphatic carbocycles. The minimum absolute atomic E-state index is 0.244. The van der Waals surface area contributed by atoms with Crippen LogP contribution in [0.4, 0.5) is 5.69 Å². The number of fused-ring (bicyclic) bond motifs is 1. The Balaban J connectivity index is 1.93. The van der Waals surface area contributed by atoms with E-state index in [0.717, 1.165) is 16.6 Å². The van der Waals surface area contributed by atoms with Crippen molar-refractivity contribution >= 4 is 22.5 Å². The maximum absolute atomic E-state index is 12.0. The number of H-pyrrole nitrogens is 1. The van der Waals surface area contributed by atoms with Gasteiger partial charge in [-0.15, -0.1) is 0 Å². The number of carbonyl (C=O) groups is 1. The molecule has 18 heavy (non-hydrogen) atoms. The zero-order chi connectivity index (χ0) is 12.4. The van der Waals surface area contributed by atoms with E-state index in [2.05, 4.69) is 20.3 Å². The Bertz CT molecular complexity index is 690. The van der Waals surface area contributed by atoms with Crippen molar-refractivity contribution < 1.29 is 4.79 Å². The maximum atomic E-state index is 12.0. The van der Waals surface area contributed by atoms with E-state index in [1.54, 1.807) is 12.3 Å². The van der Waals surface area contributed by atoms with Crippen LogP contribution < -0.4 is 5.32 Å². The fraction of sp³-hybridized carbons (Fsp3) is 0. The lowest BCUT2D eigenvalue weighted by molar-refractivity contribution is 0.102. The molecule has 2 aromatic heterocycles. The van der Waals surface area contributed by atoms with Gasteiger partial charge >= 0.3 is 0 Å². The summed E-state index contributed by atoms with van der Waals surface area (Å²) in [6.45, 7) is 0. The molecular formula is C13H10N4O. The second-order valence-corrected chi connectivity index (χ2v) is 3.79. The Morgan fingerprint density at radius 1 is 1.22 bits per heavy atom. The second kappa shape index (κ2) is 4.29. The molecule has 3 rings (SSSR count). The van der Waals surface area contributed by atoms with Gasteiger partial charge in [0.1, 0.15) is 12.0 Å². The third kappa shape index (κ3) is 1.82. The number of aromatic amines is 1. The Kier molecular flexibility index (Phi) is 2.49. The molecule has 0 radical (unpaired) electrons. The summed E-state index contributed by atoms with van der Waals surface area (Å²) in [5, 5.41) is 3.81. The molecule has 5 nitrogen and oxygen atoms in total. The number of nitrogens with zero attached hydrogens (tertiary/aromatic N) is 2. The van der Waals surface area contributed by atoms with E-state index in [0.29, 0.717) is 5.69 Å². The van der Waals surface area contributed by atoms with Gasteiger partial charge in [-0.1, -0.05) is 6.07 Å². The topological polar surface area (TPSA) is 70.7 Å². The van der Waals surface area contributed by atoms with Gasteiger partial charge in [-0.3, -0.25) is 4.79 Å². The SMILES string of the molecule is O=C(Nc1cccc2[nH]ccc12)c1ccncn1. The van der Waals surface area contributed by atoms with Crippen LogP contribution >= 0.6 is 0 Å². The summed E-state index contributed by atoms with van der Waals surface area (Å²) in [6.07, 6.45) is 4.73. The normalized spacial score (nSPS) is 10.4. The Morgan fingerprint density at radius 3 is 3.00 bits per heavy atom. The smallest absolute Gasteiger partial charge is 0.274 e. The number of nitrogens with one attached hydrogen (secondary N) is 2. The summed E-state index contributed by atoms with van der Waals surface area (Å²) in [7, 11) is 0. The largest absolute Gasteiger partial charge is 0.361 e. The zero-order valence-electron chi connectivity index (χ0n) is 9.42. The standard InChI is InChI=1S/C13H10N4O/c18-13(12-5-6-14-8-16-12)17-11-3-1-2-10-9(11)4-7-15-10/h1-8,15H,(H,17,18). The van der Waals surface area contributed by atoms with Crippen molar-refractivity contribution in [1.29, 1.82) is 0 Å². The molecule has 0 aliphatic rings. The van der Waals surface area contributed by atoms with E-state index in [4.69, 9.17) is 0 Å². The van der Waals surface area contributed by atoms with Crippen molar-refractivity contribution in [3.05, 3.63) is 54.7 Å². The van der Waals surface area contributed by atoms with Gasteiger partial charge in [0, 0.05) is 23.3 Å². The first-order chi connectivity index (χ1) is 8.84. The molecule has 0 aliphatic heterocycles. The highest BCUT2D eigenvalue weighted by Crippen LogP contribution is 2.22. The number of benzene rings is 1. The van der Waals surface area contributed by atoms with Crippen molar-refractivity contribution in [2.24, 2.45) is 0 Å². The molecule has 1 aromatic carbocycles. The predicted octanol–water partition coefficient (Wildman–Crippen LogP) is 2.21. The monoisotopic (exact) mass is 238 g/mol. The molecule has 0 saturated heterocycles. The van der Waals surface area contributed by atoms with E-state index < -0.39 is 0 Å². The molecular weight excluding hydrogens is 228 g/mol. The van der Waals surface area contributed by atoms with Crippen molar-refractivity contribution in [2.75, 3.05) is 5.32 Å². The summed E-state index contributed by atoms with van der Waals surface area (Å²) < 4.78 is 0. The van der Waals surface area contributed by atoms with Crippen molar-refractivity contribution in [2.45, 2.75) is 0 Å². The van der Waals surface area contributed by atoms with Gasteiger partial charge < -0.3 is 10.3 Å². The molecule has 1 amide bonds. The maximum Gasteiger partial charge on any atom is 0.274 e. The lowest BCUT2D eigenvalue weighted by atomic mass is 10.2. The fourth-order valence-corrected chi connectivity index (χ4v) is 1.81. The highest BCUT2D eigenvalue weighted by molar-refractivity contribution is 6.07. The Hall–Kier alpha value is -2.69. The van der Waals surface area contributed by atoms with Crippen LogP contribution in [0.15, 0.2) is 49.1 Å². The minimum atomic E-state index is -0.244. The Labute approximate surface area is 103 Å². The van der Waals surface area contributed by atoms with E-state index in [1.807, 2.05) is 30.5 Å². The van der Waals surface area contributed by atoms with Crippen LogP contribution in [0.1, 0.15) is 10.5 Å². The summed E-state index contributed by atoms with van der Waals surface area (Å²) in [5.74, 6) is -0.244. The molecule has 0 bridgehead atoms. The highest BCUT2D eigenvalue weighted by atomic mass is 16.1. The molecule has 88 valence electrons. The number of hydrogen-bond donors (Lipinski definition) is 2. The average Bonchev–Trinajstić information content (AvgIpc) is 2.89. The van der Waals surface area contributed by atoms with E-state index in [1.165, 1.54) is 6.33 Å². The molecule has 0 saturated carbocycles. The van der Waals surface area contributed by atoms with Gasteiger partial charge in [0.15, 0.2) is 0 Å². The molecule has 2 heterocycles. The lowest BCUT2D eigenvalue weighted by Crippen LogP contribution is -2.13. The van der Waals surface area contributed by atoms with E-state index in [-0.39, 0.29) is 5.91 Å². The second-order valence-electron chi connectivity index (χ2n) is 3.79. The van der Waals surface area contributed by atoms with E-state index in [9.17, 15) is 4.79 Å². The van der Waals surface area contributed by atoms with Gasteiger partial charge in [0.25, 0.3) is 5.91 Å². The summed E-state index contributed by atoms with van der Waals surface area (Å²) in [6, 6.07) is 9.19. The minimum Gasteiger partial charge on any atom is -0.361 e. The third-order valence-corrected chi connectivity index (χ3v) is 2.66. The molecule has 0 unspecified atom stereocenters. The molecule has 0 spiro atoms. The summed E-state index contributed by atoms with van der Waals surface area (Å²) >= 11 is 0. The quantitative estimate of drug-likeness (QED) is 0.719. The van der Waals surface area contributed by atoms with E-state index >= 15 is 0 Å². The third-order valence-electron chi connectivity index (χ3n) is 2.66. The predicted molar refractivity (Wildman–Crippen MR) is 68.3 cm³/mol. The van der Waals surface area contributed by atoms with Gasteiger partial charge in [0.05, 0.1) is 5.69 Å². The van der Waals surface area contributed by atoms with Crippen LogP contribution in [0.2, 0.25) is 0 Å². The first-order valence-electron chi connectivity index (χ1n) is 5.48. The number of amides is 1. The van der Waals surface area contributed by atoms with Gasteiger partial charge in [-0.05, 0) is 24.3 Å². The van der Waals surface area contributed by atoms with Crippen LogP contribution in [-0.2, 0) is 0 Å². The van der Waals surface area contributed by atoms with Crippen LogP contribution in [0.25, 0.3) is 10.9 Å². The van der Waals surface area contributed by atoms with Crippen LogP contribution in [-0.4, -0.2) is 20.9 Å². The molecule has 0 atom stereocenters. The summed E-state index contributed by atoms with van der Waals surface area (Å²) in [5.41, 5.74) is 2.09. The lowest BCUT2D eigenvalue weighted by Gasteiger charge is -2.05. The van der Waals surface area contributed by atoms with Crippen molar-refractivity contribution in [1.82, 2.24) is 15.0 Å².